The summed E-state index contributed by atoms with van der Waals surface area (Å²) in [6.45, 7) is 1.36. The molecule has 0 spiro atoms. The molecule has 0 bridgehead atoms. The molecule has 4 rings (SSSR count). The molecule has 3 aromatic rings. The Morgan fingerprint density at radius 1 is 1.10 bits per heavy atom. The van der Waals surface area contributed by atoms with Crippen LogP contribution in [-0.4, -0.2) is 30.3 Å². The molecule has 1 unspecified atom stereocenters. The van der Waals surface area contributed by atoms with Gasteiger partial charge >= 0.3 is 5.97 Å². The molecule has 160 valence electrons. The molecule has 0 fully saturated rings. The van der Waals surface area contributed by atoms with Crippen molar-refractivity contribution < 1.29 is 14.3 Å². The van der Waals surface area contributed by atoms with Crippen molar-refractivity contribution in [2.75, 3.05) is 13.7 Å². The van der Waals surface area contributed by atoms with Crippen molar-refractivity contribution in [2.24, 2.45) is 0 Å². The molecular weight excluding hydrogens is 430 g/mol. The van der Waals surface area contributed by atoms with E-state index in [1.165, 1.54) is 17.6 Å². The standard InChI is InChI=1S/C25H24ClNO3S/c1-30-25(29)24(21-9-5-6-10-22(21)26)27-12-11-23-18(16-27)14-20(31-23)15-19(28)13-17-7-3-2-4-8-17/h2-10,14,24H,11-13,15-16H2,1H3. The van der Waals surface area contributed by atoms with Crippen LogP contribution < -0.4 is 0 Å². The SMILES string of the molecule is COC(=O)C(c1ccccc1Cl)N1CCc2sc(CC(=O)Cc3ccccc3)cc2C1. The van der Waals surface area contributed by atoms with Crippen LogP contribution in [0.1, 0.15) is 32.5 Å². The smallest absolute Gasteiger partial charge is 0.327 e. The summed E-state index contributed by atoms with van der Waals surface area (Å²) in [5.74, 6) is -0.102. The molecule has 31 heavy (non-hydrogen) atoms. The van der Waals surface area contributed by atoms with Crippen LogP contribution in [0.15, 0.2) is 60.7 Å². The zero-order chi connectivity index (χ0) is 21.8. The van der Waals surface area contributed by atoms with Gasteiger partial charge in [0.25, 0.3) is 0 Å². The Kier molecular flexibility index (Phi) is 6.86. The second-order valence-corrected chi connectivity index (χ2v) is 9.34. The lowest BCUT2D eigenvalue weighted by Gasteiger charge is -2.33. The molecular formula is C25H24ClNO3S. The summed E-state index contributed by atoms with van der Waals surface area (Å²) in [5, 5.41) is 0.557. The number of halogens is 1. The first-order chi connectivity index (χ1) is 15.0. The number of nitrogens with zero attached hydrogens (tertiary/aromatic N) is 1. The minimum absolute atomic E-state index is 0.213. The molecule has 1 aliphatic rings. The number of rotatable bonds is 7. The zero-order valence-corrected chi connectivity index (χ0v) is 18.9. The van der Waals surface area contributed by atoms with Gasteiger partial charge in [0.2, 0.25) is 0 Å². The molecule has 2 aromatic carbocycles. The second kappa shape index (κ2) is 9.77. The molecule has 6 heteroatoms. The average Bonchev–Trinajstić information content (AvgIpc) is 3.17. The van der Waals surface area contributed by atoms with Crippen LogP contribution in [-0.2, 0) is 40.1 Å². The first-order valence-corrected chi connectivity index (χ1v) is 11.5. The van der Waals surface area contributed by atoms with Crippen molar-refractivity contribution in [2.45, 2.75) is 31.8 Å². The fourth-order valence-electron chi connectivity index (χ4n) is 4.09. The maximum absolute atomic E-state index is 12.6. The van der Waals surface area contributed by atoms with E-state index in [-0.39, 0.29) is 11.8 Å². The Labute approximate surface area is 191 Å². The van der Waals surface area contributed by atoms with Crippen LogP contribution in [0.3, 0.4) is 0 Å². The average molecular weight is 454 g/mol. The lowest BCUT2D eigenvalue weighted by Crippen LogP contribution is -2.38. The van der Waals surface area contributed by atoms with E-state index in [1.807, 2.05) is 48.5 Å². The largest absolute Gasteiger partial charge is 0.468 e. The highest BCUT2D eigenvalue weighted by molar-refractivity contribution is 7.12. The van der Waals surface area contributed by atoms with Gasteiger partial charge in [-0.1, -0.05) is 60.1 Å². The predicted molar refractivity (Wildman–Crippen MR) is 123 cm³/mol. The highest BCUT2D eigenvalue weighted by Gasteiger charge is 2.33. The van der Waals surface area contributed by atoms with E-state index in [2.05, 4.69) is 11.0 Å². The summed E-state index contributed by atoms with van der Waals surface area (Å²) in [6.07, 6.45) is 1.73. The Morgan fingerprint density at radius 2 is 1.84 bits per heavy atom. The molecule has 0 aliphatic carbocycles. The maximum atomic E-state index is 12.6. The van der Waals surface area contributed by atoms with E-state index < -0.39 is 6.04 Å². The van der Waals surface area contributed by atoms with Crippen LogP contribution >= 0.6 is 22.9 Å². The zero-order valence-electron chi connectivity index (χ0n) is 17.3. The fourth-order valence-corrected chi connectivity index (χ4v) is 5.52. The van der Waals surface area contributed by atoms with Gasteiger partial charge in [-0.15, -0.1) is 11.3 Å². The number of fused-ring (bicyclic) bond motifs is 1. The Bertz CT molecular complexity index is 1080. The van der Waals surface area contributed by atoms with Crippen molar-refractivity contribution >= 4 is 34.7 Å². The molecule has 0 saturated carbocycles. The molecule has 1 atom stereocenters. The van der Waals surface area contributed by atoms with E-state index in [1.54, 1.807) is 17.4 Å². The number of carbonyl (C=O) groups excluding carboxylic acids is 2. The quantitative estimate of drug-likeness (QED) is 0.471. The van der Waals surface area contributed by atoms with Crippen molar-refractivity contribution in [3.05, 3.63) is 92.1 Å². The third-order valence-corrected chi connectivity index (χ3v) is 7.13. The van der Waals surface area contributed by atoms with Gasteiger partial charge in [0.15, 0.2) is 0 Å². The van der Waals surface area contributed by atoms with Crippen LogP contribution in [0.5, 0.6) is 0 Å². The number of hydrogen-bond acceptors (Lipinski definition) is 5. The lowest BCUT2D eigenvalue weighted by molar-refractivity contribution is -0.147. The highest BCUT2D eigenvalue weighted by Crippen LogP contribution is 2.35. The van der Waals surface area contributed by atoms with Gasteiger partial charge in [-0.2, -0.15) is 0 Å². The number of carbonyl (C=O) groups is 2. The second-order valence-electron chi connectivity index (χ2n) is 7.71. The Morgan fingerprint density at radius 3 is 2.58 bits per heavy atom. The topological polar surface area (TPSA) is 46.6 Å². The summed E-state index contributed by atoms with van der Waals surface area (Å²) in [6, 6.07) is 18.8. The summed E-state index contributed by atoms with van der Waals surface area (Å²) in [5.41, 5.74) is 2.98. The maximum Gasteiger partial charge on any atom is 0.327 e. The van der Waals surface area contributed by atoms with E-state index in [0.717, 1.165) is 29.0 Å². The lowest BCUT2D eigenvalue weighted by atomic mass is 10.0. The summed E-state index contributed by atoms with van der Waals surface area (Å²) >= 11 is 8.11. The fraction of sp³-hybridized carbons (Fsp3) is 0.280. The van der Waals surface area contributed by atoms with Gasteiger partial charge < -0.3 is 4.74 Å². The number of thiophene rings is 1. The number of esters is 1. The number of methoxy groups -OCH3 is 1. The van der Waals surface area contributed by atoms with E-state index >= 15 is 0 Å². The summed E-state index contributed by atoms with van der Waals surface area (Å²) in [7, 11) is 1.41. The van der Waals surface area contributed by atoms with Crippen molar-refractivity contribution in [3.63, 3.8) is 0 Å². The number of ketones is 1. The molecule has 0 N–H and O–H groups in total. The van der Waals surface area contributed by atoms with Gasteiger partial charge in [0.05, 0.1) is 7.11 Å². The first kappa shape index (κ1) is 21.8. The predicted octanol–water partition coefficient (Wildman–Crippen LogP) is 5.03. The van der Waals surface area contributed by atoms with Gasteiger partial charge in [-0.3, -0.25) is 9.69 Å². The molecule has 1 aromatic heterocycles. The van der Waals surface area contributed by atoms with Crippen LogP contribution in [0, 0.1) is 0 Å². The van der Waals surface area contributed by atoms with E-state index in [9.17, 15) is 9.59 Å². The molecule has 0 radical (unpaired) electrons. The molecule has 2 heterocycles. The minimum Gasteiger partial charge on any atom is -0.468 e. The van der Waals surface area contributed by atoms with Crippen LogP contribution in [0.4, 0.5) is 0 Å². The monoisotopic (exact) mass is 453 g/mol. The summed E-state index contributed by atoms with van der Waals surface area (Å²) < 4.78 is 5.10. The number of hydrogen-bond donors (Lipinski definition) is 0. The van der Waals surface area contributed by atoms with Crippen molar-refractivity contribution in [1.82, 2.24) is 4.90 Å². The van der Waals surface area contributed by atoms with E-state index in [0.29, 0.717) is 24.4 Å². The Balaban J connectivity index is 1.49. The molecule has 0 amide bonds. The first-order valence-electron chi connectivity index (χ1n) is 10.3. The van der Waals surface area contributed by atoms with Gasteiger partial charge in [-0.05, 0) is 35.2 Å². The van der Waals surface area contributed by atoms with Crippen molar-refractivity contribution in [1.29, 1.82) is 0 Å². The van der Waals surface area contributed by atoms with Crippen LogP contribution in [0.2, 0.25) is 5.02 Å². The van der Waals surface area contributed by atoms with Gasteiger partial charge in [-0.25, -0.2) is 4.79 Å². The van der Waals surface area contributed by atoms with Gasteiger partial charge in [0, 0.05) is 40.7 Å². The molecule has 0 saturated heterocycles. The minimum atomic E-state index is -0.546. The van der Waals surface area contributed by atoms with Crippen molar-refractivity contribution in [3.8, 4) is 0 Å². The van der Waals surface area contributed by atoms with E-state index in [4.69, 9.17) is 16.3 Å². The van der Waals surface area contributed by atoms with Gasteiger partial charge in [0.1, 0.15) is 11.8 Å². The number of benzene rings is 2. The highest BCUT2D eigenvalue weighted by atomic mass is 35.5. The molecule has 4 nitrogen and oxygen atoms in total. The number of ether oxygens (including phenoxy) is 1. The summed E-state index contributed by atoms with van der Waals surface area (Å²) in [4.78, 5) is 29.7. The van der Waals surface area contributed by atoms with Crippen LogP contribution in [0.25, 0.3) is 0 Å². The third-order valence-electron chi connectivity index (χ3n) is 5.55. The molecule has 1 aliphatic heterocycles. The third kappa shape index (κ3) is 5.06. The number of Topliss-reactive ketones (excluding diaryl/α,β-unsaturated/α-hetero) is 1. The Hall–Kier alpha value is -2.47. The normalized spacial score (nSPS) is 14.6.